The number of nitrogens with one attached hydrogen (secondary N) is 1. The van der Waals surface area contributed by atoms with Crippen LogP contribution >= 0.6 is 0 Å². The summed E-state index contributed by atoms with van der Waals surface area (Å²) in [6.45, 7) is 2.14. The highest BCUT2D eigenvalue weighted by molar-refractivity contribution is 5.80. The summed E-state index contributed by atoms with van der Waals surface area (Å²) in [6.07, 6.45) is 4.36. The minimum Gasteiger partial charge on any atom is -0.481 e. The summed E-state index contributed by atoms with van der Waals surface area (Å²) in [5, 5.41) is 12.1. The molecule has 104 valence electrons. The molecule has 1 saturated carbocycles. The quantitative estimate of drug-likeness (QED) is 0.730. The normalized spacial score (nSPS) is 26.1. The average Bonchev–Trinajstić information content (AvgIpc) is 2.54. The van der Waals surface area contributed by atoms with E-state index in [2.05, 4.69) is 5.32 Å². The van der Waals surface area contributed by atoms with Crippen LogP contribution in [0.5, 0.6) is 0 Å². The van der Waals surface area contributed by atoms with Crippen molar-refractivity contribution in [2.24, 2.45) is 11.8 Å². The topological polar surface area (TPSA) is 75.6 Å². The van der Waals surface area contributed by atoms with Crippen molar-refractivity contribution in [2.45, 2.75) is 45.1 Å². The van der Waals surface area contributed by atoms with Crippen molar-refractivity contribution >= 4 is 11.9 Å². The fourth-order valence-electron chi connectivity index (χ4n) is 2.43. The Bertz CT molecular complexity index is 293. The molecule has 0 spiro atoms. The first-order chi connectivity index (χ1) is 8.56. The minimum atomic E-state index is -0.804. The molecule has 0 aliphatic heterocycles. The molecule has 1 rings (SSSR count). The Morgan fingerprint density at radius 1 is 1.33 bits per heavy atom. The third-order valence-corrected chi connectivity index (χ3v) is 3.53. The minimum absolute atomic E-state index is 0.116. The molecule has 1 fully saturated rings. The van der Waals surface area contributed by atoms with E-state index >= 15 is 0 Å². The highest BCUT2D eigenvalue weighted by Gasteiger charge is 2.31. The molecule has 0 aromatic carbocycles. The van der Waals surface area contributed by atoms with Crippen molar-refractivity contribution in [1.29, 1.82) is 0 Å². The number of carbonyl (C=O) groups excluding carboxylic acids is 1. The molecule has 1 unspecified atom stereocenters. The van der Waals surface area contributed by atoms with E-state index in [1.54, 1.807) is 14.0 Å². The molecule has 0 bridgehead atoms. The fraction of sp³-hybridized carbons (Fsp3) is 0.846. The lowest BCUT2D eigenvalue weighted by Crippen LogP contribution is -2.45. The SMILES string of the molecule is COCC(C)C(=O)N[C@H]1CCCCC[C@H]1C(=O)O. The van der Waals surface area contributed by atoms with Crippen molar-refractivity contribution in [3.63, 3.8) is 0 Å². The number of ether oxygens (including phenoxy) is 1. The van der Waals surface area contributed by atoms with Crippen molar-refractivity contribution in [1.82, 2.24) is 5.32 Å². The molecule has 0 aromatic heterocycles. The predicted octanol–water partition coefficient (Wildman–Crippen LogP) is 1.42. The van der Waals surface area contributed by atoms with Gasteiger partial charge in [0, 0.05) is 13.2 Å². The van der Waals surface area contributed by atoms with Gasteiger partial charge in [-0.1, -0.05) is 26.2 Å². The van der Waals surface area contributed by atoms with Crippen LogP contribution in [0.15, 0.2) is 0 Å². The maximum atomic E-state index is 11.9. The number of carbonyl (C=O) groups is 2. The van der Waals surface area contributed by atoms with Crippen LogP contribution in [0.4, 0.5) is 0 Å². The zero-order chi connectivity index (χ0) is 13.5. The fourth-order valence-corrected chi connectivity index (χ4v) is 2.43. The van der Waals surface area contributed by atoms with E-state index in [0.29, 0.717) is 13.0 Å². The van der Waals surface area contributed by atoms with Crippen LogP contribution < -0.4 is 5.32 Å². The third-order valence-electron chi connectivity index (χ3n) is 3.53. The summed E-state index contributed by atoms with van der Waals surface area (Å²) in [7, 11) is 1.55. The molecule has 1 amide bonds. The Morgan fingerprint density at radius 2 is 2.00 bits per heavy atom. The monoisotopic (exact) mass is 257 g/mol. The number of carboxylic acid groups (broad SMARTS) is 1. The Morgan fingerprint density at radius 3 is 2.61 bits per heavy atom. The second-order valence-corrected chi connectivity index (χ2v) is 5.05. The van der Waals surface area contributed by atoms with Gasteiger partial charge in [-0.3, -0.25) is 9.59 Å². The van der Waals surface area contributed by atoms with Gasteiger partial charge in [0.1, 0.15) is 0 Å². The zero-order valence-corrected chi connectivity index (χ0v) is 11.1. The van der Waals surface area contributed by atoms with Gasteiger partial charge in [-0.25, -0.2) is 0 Å². The van der Waals surface area contributed by atoms with E-state index in [4.69, 9.17) is 4.74 Å². The van der Waals surface area contributed by atoms with E-state index in [1.807, 2.05) is 0 Å². The number of hydrogen-bond acceptors (Lipinski definition) is 3. The molecule has 18 heavy (non-hydrogen) atoms. The van der Waals surface area contributed by atoms with Crippen molar-refractivity contribution in [2.75, 3.05) is 13.7 Å². The summed E-state index contributed by atoms with van der Waals surface area (Å²) in [5.41, 5.74) is 0. The molecule has 0 heterocycles. The maximum Gasteiger partial charge on any atom is 0.308 e. The first kappa shape index (κ1) is 15.0. The van der Waals surface area contributed by atoms with E-state index < -0.39 is 11.9 Å². The molecule has 0 radical (unpaired) electrons. The summed E-state index contributed by atoms with van der Waals surface area (Å²) in [5.74, 6) is -1.62. The third kappa shape index (κ3) is 4.29. The Kier molecular flexibility index (Phi) is 6.12. The molecule has 1 aliphatic carbocycles. The van der Waals surface area contributed by atoms with Gasteiger partial charge in [0.15, 0.2) is 0 Å². The molecule has 5 heteroatoms. The van der Waals surface area contributed by atoms with Gasteiger partial charge >= 0.3 is 5.97 Å². The number of rotatable bonds is 5. The molecular weight excluding hydrogens is 234 g/mol. The first-order valence-electron chi connectivity index (χ1n) is 6.58. The lowest BCUT2D eigenvalue weighted by atomic mass is 9.94. The highest BCUT2D eigenvalue weighted by Crippen LogP contribution is 2.24. The summed E-state index contributed by atoms with van der Waals surface area (Å²) in [4.78, 5) is 23.1. The summed E-state index contributed by atoms with van der Waals surface area (Å²) >= 11 is 0. The van der Waals surface area contributed by atoms with Crippen molar-refractivity contribution in [3.8, 4) is 0 Å². The van der Waals surface area contributed by atoms with Gasteiger partial charge in [0.2, 0.25) is 5.91 Å². The number of amides is 1. The van der Waals surface area contributed by atoms with E-state index in [-0.39, 0.29) is 17.9 Å². The lowest BCUT2D eigenvalue weighted by Gasteiger charge is -2.24. The van der Waals surface area contributed by atoms with Gasteiger partial charge in [-0.05, 0) is 12.8 Å². The number of aliphatic carboxylic acids is 1. The Balaban J connectivity index is 2.60. The summed E-state index contributed by atoms with van der Waals surface area (Å²) in [6, 6.07) is -0.239. The average molecular weight is 257 g/mol. The molecular formula is C13H23NO4. The van der Waals surface area contributed by atoms with Crippen LogP contribution in [-0.2, 0) is 14.3 Å². The molecule has 2 N–H and O–H groups in total. The van der Waals surface area contributed by atoms with Crippen molar-refractivity contribution in [3.05, 3.63) is 0 Å². The zero-order valence-electron chi connectivity index (χ0n) is 11.1. The van der Waals surface area contributed by atoms with Crippen molar-refractivity contribution < 1.29 is 19.4 Å². The predicted molar refractivity (Wildman–Crippen MR) is 67.2 cm³/mol. The standard InChI is InChI=1S/C13H23NO4/c1-9(8-18-2)12(15)14-11-7-5-3-4-6-10(11)13(16)17/h9-11H,3-8H2,1-2H3,(H,14,15)(H,16,17)/t9?,10-,11+/m1/s1. The van der Waals surface area contributed by atoms with E-state index in [9.17, 15) is 14.7 Å². The summed E-state index contributed by atoms with van der Waals surface area (Å²) < 4.78 is 4.94. The van der Waals surface area contributed by atoms with Crippen LogP contribution in [0.25, 0.3) is 0 Å². The first-order valence-corrected chi connectivity index (χ1v) is 6.58. The number of methoxy groups -OCH3 is 1. The smallest absolute Gasteiger partial charge is 0.308 e. The van der Waals surface area contributed by atoms with E-state index in [1.165, 1.54) is 0 Å². The second kappa shape index (κ2) is 7.36. The molecule has 1 aliphatic rings. The molecule has 0 aromatic rings. The van der Waals surface area contributed by atoms with Crippen LogP contribution in [0.2, 0.25) is 0 Å². The maximum absolute atomic E-state index is 11.9. The molecule has 0 saturated heterocycles. The second-order valence-electron chi connectivity index (χ2n) is 5.05. The van der Waals surface area contributed by atoms with Gasteiger partial charge in [-0.15, -0.1) is 0 Å². The Hall–Kier alpha value is -1.10. The van der Waals surface area contributed by atoms with Gasteiger partial charge < -0.3 is 15.2 Å². The van der Waals surface area contributed by atoms with Crippen LogP contribution in [0, 0.1) is 11.8 Å². The van der Waals surface area contributed by atoms with E-state index in [0.717, 1.165) is 25.7 Å². The molecule has 5 nitrogen and oxygen atoms in total. The van der Waals surface area contributed by atoms with Crippen LogP contribution in [0.3, 0.4) is 0 Å². The molecule has 3 atom stereocenters. The number of carboxylic acids is 1. The number of hydrogen-bond donors (Lipinski definition) is 2. The van der Waals surface area contributed by atoms with Gasteiger partial charge in [0.05, 0.1) is 18.4 Å². The van der Waals surface area contributed by atoms with Crippen LogP contribution in [-0.4, -0.2) is 36.7 Å². The van der Waals surface area contributed by atoms with Gasteiger partial charge in [-0.2, -0.15) is 0 Å². The Labute approximate surface area is 108 Å². The lowest BCUT2D eigenvalue weighted by molar-refractivity contribution is -0.143. The largest absolute Gasteiger partial charge is 0.481 e. The van der Waals surface area contributed by atoms with Gasteiger partial charge in [0.25, 0.3) is 0 Å². The highest BCUT2D eigenvalue weighted by atomic mass is 16.5. The van der Waals surface area contributed by atoms with Crippen LogP contribution in [0.1, 0.15) is 39.0 Å².